The molecule has 0 saturated carbocycles. The number of anilines is 1. The maximum Gasteiger partial charge on any atom is 0.0558 e. The maximum atomic E-state index is 9.13. The van der Waals surface area contributed by atoms with Gasteiger partial charge in [0, 0.05) is 56.0 Å². The number of piperidine rings is 1. The van der Waals surface area contributed by atoms with E-state index in [1.807, 2.05) is 12.1 Å². The van der Waals surface area contributed by atoms with Gasteiger partial charge >= 0.3 is 0 Å². The molecule has 2 saturated heterocycles. The van der Waals surface area contributed by atoms with Gasteiger partial charge in [-0.2, -0.15) is 0 Å². The van der Waals surface area contributed by atoms with Crippen molar-refractivity contribution in [1.82, 2.24) is 9.80 Å². The molecule has 1 aromatic carbocycles. The zero-order valence-electron chi connectivity index (χ0n) is 13.1. The van der Waals surface area contributed by atoms with Gasteiger partial charge in [-0.3, -0.25) is 9.80 Å². The standard InChI is InChI=1S/C17H26ClN3O/c18-15-3-1-4-16(13-15)20-7-9-21(10-8-20)17-5-2-6-19(14-17)11-12-22/h1,3-4,13,17,22H,2,5-12,14H2. The molecule has 122 valence electrons. The smallest absolute Gasteiger partial charge is 0.0558 e. The lowest BCUT2D eigenvalue weighted by atomic mass is 10.0. The van der Waals surface area contributed by atoms with Gasteiger partial charge in [0.15, 0.2) is 0 Å². The molecule has 22 heavy (non-hydrogen) atoms. The number of benzene rings is 1. The fourth-order valence-electron chi connectivity index (χ4n) is 3.69. The second kappa shape index (κ2) is 7.64. The summed E-state index contributed by atoms with van der Waals surface area (Å²) in [5.74, 6) is 0. The second-order valence-electron chi connectivity index (χ2n) is 6.32. The van der Waals surface area contributed by atoms with Crippen LogP contribution in [0.15, 0.2) is 24.3 Å². The zero-order valence-corrected chi connectivity index (χ0v) is 13.9. The van der Waals surface area contributed by atoms with Gasteiger partial charge < -0.3 is 10.0 Å². The molecule has 2 aliphatic rings. The number of hydrogen-bond donors (Lipinski definition) is 1. The van der Waals surface area contributed by atoms with Crippen LogP contribution in [0.1, 0.15) is 12.8 Å². The number of hydrogen-bond acceptors (Lipinski definition) is 4. The topological polar surface area (TPSA) is 30.0 Å². The quantitative estimate of drug-likeness (QED) is 0.917. The van der Waals surface area contributed by atoms with E-state index in [9.17, 15) is 0 Å². The molecular formula is C17H26ClN3O. The van der Waals surface area contributed by atoms with Gasteiger partial charge in [-0.25, -0.2) is 0 Å². The number of rotatable bonds is 4. The first-order chi connectivity index (χ1) is 10.8. The Morgan fingerprint density at radius 2 is 1.95 bits per heavy atom. The van der Waals surface area contributed by atoms with Crippen molar-refractivity contribution in [2.75, 3.05) is 57.3 Å². The van der Waals surface area contributed by atoms with E-state index in [0.29, 0.717) is 6.04 Å². The number of β-amino-alcohol motifs (C(OH)–C–C–N with tert-alkyl or cyclic N) is 1. The zero-order chi connectivity index (χ0) is 15.4. The number of halogens is 1. The van der Waals surface area contributed by atoms with Crippen molar-refractivity contribution in [2.45, 2.75) is 18.9 Å². The molecule has 0 radical (unpaired) electrons. The van der Waals surface area contributed by atoms with Gasteiger partial charge in [-0.15, -0.1) is 0 Å². The Labute approximate surface area is 138 Å². The summed E-state index contributed by atoms with van der Waals surface area (Å²) in [5.41, 5.74) is 1.23. The van der Waals surface area contributed by atoms with E-state index in [1.54, 1.807) is 0 Å². The molecule has 0 amide bonds. The Hall–Kier alpha value is -0.810. The summed E-state index contributed by atoms with van der Waals surface area (Å²) in [6.45, 7) is 7.70. The number of aliphatic hydroxyl groups excluding tert-OH is 1. The molecule has 0 aliphatic carbocycles. The Morgan fingerprint density at radius 3 is 2.68 bits per heavy atom. The summed E-state index contributed by atoms with van der Waals surface area (Å²) in [4.78, 5) is 7.46. The van der Waals surface area contributed by atoms with Gasteiger partial charge in [0.25, 0.3) is 0 Å². The highest BCUT2D eigenvalue weighted by Gasteiger charge is 2.27. The first kappa shape index (κ1) is 16.1. The van der Waals surface area contributed by atoms with Gasteiger partial charge in [0.2, 0.25) is 0 Å². The summed E-state index contributed by atoms with van der Waals surface area (Å²) in [7, 11) is 0. The number of likely N-dealkylation sites (tertiary alicyclic amines) is 1. The van der Waals surface area contributed by atoms with E-state index in [1.165, 1.54) is 18.5 Å². The van der Waals surface area contributed by atoms with Crippen LogP contribution in [0.3, 0.4) is 0 Å². The molecule has 0 aromatic heterocycles. The summed E-state index contributed by atoms with van der Waals surface area (Å²) in [5, 5.41) is 9.94. The van der Waals surface area contributed by atoms with Crippen molar-refractivity contribution < 1.29 is 5.11 Å². The molecule has 2 aliphatic heterocycles. The molecule has 1 aromatic rings. The van der Waals surface area contributed by atoms with Crippen molar-refractivity contribution >= 4 is 17.3 Å². The van der Waals surface area contributed by atoms with Crippen LogP contribution in [0, 0.1) is 0 Å². The molecule has 0 spiro atoms. The fourth-order valence-corrected chi connectivity index (χ4v) is 3.88. The van der Waals surface area contributed by atoms with Gasteiger partial charge in [-0.05, 0) is 37.6 Å². The highest BCUT2D eigenvalue weighted by atomic mass is 35.5. The first-order valence-corrected chi connectivity index (χ1v) is 8.72. The van der Waals surface area contributed by atoms with Crippen LogP contribution in [0.2, 0.25) is 5.02 Å². The molecule has 2 heterocycles. The Morgan fingerprint density at radius 1 is 1.14 bits per heavy atom. The van der Waals surface area contributed by atoms with E-state index >= 15 is 0 Å². The molecule has 1 unspecified atom stereocenters. The van der Waals surface area contributed by atoms with Crippen LogP contribution in [0.4, 0.5) is 5.69 Å². The minimum absolute atomic E-state index is 0.273. The fraction of sp³-hybridized carbons (Fsp3) is 0.647. The van der Waals surface area contributed by atoms with Gasteiger partial charge in [-0.1, -0.05) is 17.7 Å². The van der Waals surface area contributed by atoms with E-state index in [2.05, 4.69) is 26.8 Å². The average molecular weight is 324 g/mol. The summed E-state index contributed by atoms with van der Waals surface area (Å²) < 4.78 is 0. The lowest BCUT2D eigenvalue weighted by Gasteiger charge is -2.44. The molecule has 2 fully saturated rings. The van der Waals surface area contributed by atoms with Crippen molar-refractivity contribution in [3.8, 4) is 0 Å². The molecule has 1 N–H and O–H groups in total. The predicted molar refractivity (Wildman–Crippen MR) is 91.8 cm³/mol. The third-order valence-corrected chi connectivity index (χ3v) is 5.14. The monoisotopic (exact) mass is 323 g/mol. The van der Waals surface area contributed by atoms with Crippen molar-refractivity contribution in [2.24, 2.45) is 0 Å². The van der Waals surface area contributed by atoms with E-state index < -0.39 is 0 Å². The van der Waals surface area contributed by atoms with Crippen molar-refractivity contribution in [3.05, 3.63) is 29.3 Å². The summed E-state index contributed by atoms with van der Waals surface area (Å²) in [6.07, 6.45) is 2.54. The third kappa shape index (κ3) is 3.93. The Kier molecular flexibility index (Phi) is 5.58. The van der Waals surface area contributed by atoms with Crippen LogP contribution in [0.25, 0.3) is 0 Å². The minimum atomic E-state index is 0.273. The van der Waals surface area contributed by atoms with E-state index in [-0.39, 0.29) is 6.61 Å². The first-order valence-electron chi connectivity index (χ1n) is 8.34. The van der Waals surface area contributed by atoms with Crippen LogP contribution in [-0.2, 0) is 0 Å². The molecule has 0 bridgehead atoms. The third-order valence-electron chi connectivity index (χ3n) is 4.90. The summed E-state index contributed by atoms with van der Waals surface area (Å²) in [6, 6.07) is 8.81. The highest BCUT2D eigenvalue weighted by Crippen LogP contribution is 2.23. The highest BCUT2D eigenvalue weighted by molar-refractivity contribution is 6.30. The molecule has 5 heteroatoms. The van der Waals surface area contributed by atoms with Crippen molar-refractivity contribution in [3.63, 3.8) is 0 Å². The largest absolute Gasteiger partial charge is 0.395 e. The van der Waals surface area contributed by atoms with Crippen molar-refractivity contribution in [1.29, 1.82) is 0 Å². The van der Waals surface area contributed by atoms with Crippen LogP contribution >= 0.6 is 11.6 Å². The average Bonchev–Trinajstić information content (AvgIpc) is 2.56. The minimum Gasteiger partial charge on any atom is -0.395 e. The maximum absolute atomic E-state index is 9.13. The molecular weight excluding hydrogens is 298 g/mol. The molecule has 3 rings (SSSR count). The summed E-state index contributed by atoms with van der Waals surface area (Å²) >= 11 is 6.10. The number of nitrogens with zero attached hydrogens (tertiary/aromatic N) is 3. The van der Waals surface area contributed by atoms with E-state index in [0.717, 1.165) is 50.8 Å². The normalized spacial score (nSPS) is 24.6. The predicted octanol–water partition coefficient (Wildman–Crippen LogP) is 1.92. The number of aliphatic hydroxyl groups is 1. The molecule has 1 atom stereocenters. The second-order valence-corrected chi connectivity index (χ2v) is 6.76. The van der Waals surface area contributed by atoms with Gasteiger partial charge in [0.1, 0.15) is 0 Å². The van der Waals surface area contributed by atoms with E-state index in [4.69, 9.17) is 16.7 Å². The Balaban J connectivity index is 1.53. The Bertz CT molecular complexity index is 475. The lowest BCUT2D eigenvalue weighted by Crippen LogP contribution is -2.55. The van der Waals surface area contributed by atoms with Crippen LogP contribution in [0.5, 0.6) is 0 Å². The van der Waals surface area contributed by atoms with Crippen LogP contribution in [-0.4, -0.2) is 73.4 Å². The number of piperazine rings is 1. The van der Waals surface area contributed by atoms with Crippen LogP contribution < -0.4 is 4.90 Å². The lowest BCUT2D eigenvalue weighted by molar-refractivity contribution is 0.0814. The van der Waals surface area contributed by atoms with Gasteiger partial charge in [0.05, 0.1) is 6.61 Å². The molecule has 4 nitrogen and oxygen atoms in total. The SMILES string of the molecule is OCCN1CCCC(N2CCN(c3cccc(Cl)c3)CC2)C1.